The van der Waals surface area contributed by atoms with Gasteiger partial charge in [-0.25, -0.2) is 0 Å². The van der Waals surface area contributed by atoms with Crippen LogP contribution in [-0.4, -0.2) is 47.2 Å². The molecule has 1 saturated heterocycles. The third kappa shape index (κ3) is 3.76. The fraction of sp³-hybridized carbons (Fsp3) is 0.917. The van der Waals surface area contributed by atoms with Gasteiger partial charge in [0.2, 0.25) is 0 Å². The number of nitrogens with zero attached hydrogens (tertiary/aromatic N) is 1. The first-order chi connectivity index (χ1) is 7.30. The first-order valence-corrected chi connectivity index (χ1v) is 6.00. The second-order valence-electron chi connectivity index (χ2n) is 5.84. The van der Waals surface area contributed by atoms with Crippen molar-refractivity contribution in [3.05, 3.63) is 0 Å². The Bertz CT molecular complexity index is 248. The summed E-state index contributed by atoms with van der Waals surface area (Å²) in [6, 6.07) is 0.0995. The van der Waals surface area contributed by atoms with Crippen LogP contribution in [-0.2, 0) is 4.79 Å². The summed E-state index contributed by atoms with van der Waals surface area (Å²) in [5.41, 5.74) is 0.0282. The van der Waals surface area contributed by atoms with Crippen molar-refractivity contribution >= 4 is 5.97 Å². The highest BCUT2D eigenvalue weighted by molar-refractivity contribution is 5.67. The van der Waals surface area contributed by atoms with Gasteiger partial charge >= 0.3 is 5.97 Å². The van der Waals surface area contributed by atoms with E-state index >= 15 is 0 Å². The lowest BCUT2D eigenvalue weighted by Gasteiger charge is -2.41. The van der Waals surface area contributed by atoms with E-state index in [1.807, 2.05) is 0 Å². The molecule has 0 bridgehead atoms. The van der Waals surface area contributed by atoms with Crippen LogP contribution in [0, 0.1) is 5.92 Å². The number of carbonyl (C=O) groups is 1. The zero-order chi connectivity index (χ0) is 12.3. The van der Waals surface area contributed by atoms with Crippen molar-refractivity contribution in [3.63, 3.8) is 0 Å². The number of hydrogen-bond acceptors (Lipinski definition) is 3. The molecule has 1 rings (SSSR count). The van der Waals surface area contributed by atoms with Crippen LogP contribution in [0.25, 0.3) is 0 Å². The van der Waals surface area contributed by atoms with Gasteiger partial charge in [0.25, 0.3) is 0 Å². The molecule has 0 aromatic rings. The molecule has 2 N–H and O–H groups in total. The molecular weight excluding hydrogens is 204 g/mol. The molecule has 1 fully saturated rings. The zero-order valence-electron chi connectivity index (χ0n) is 10.8. The van der Waals surface area contributed by atoms with Gasteiger partial charge < -0.3 is 10.4 Å². The number of rotatable bonds is 2. The van der Waals surface area contributed by atoms with Crippen molar-refractivity contribution in [1.29, 1.82) is 0 Å². The molecule has 1 aliphatic heterocycles. The average Bonchev–Trinajstić information content (AvgIpc) is 2.26. The van der Waals surface area contributed by atoms with Crippen molar-refractivity contribution < 1.29 is 9.90 Å². The van der Waals surface area contributed by atoms with Gasteiger partial charge in [-0.15, -0.1) is 0 Å². The number of aliphatic carboxylic acids is 1. The number of nitrogens with one attached hydrogen (secondary N) is 1. The van der Waals surface area contributed by atoms with Crippen LogP contribution in [0.2, 0.25) is 0 Å². The quantitative estimate of drug-likeness (QED) is 0.745. The summed E-state index contributed by atoms with van der Waals surface area (Å²) in [6.45, 7) is 11.4. The minimum absolute atomic E-state index is 0.0282. The SMILES string of the molecule is CC1CNCC(CC(=O)O)N(C(C)(C)C)C1. The Morgan fingerprint density at radius 2 is 2.06 bits per heavy atom. The van der Waals surface area contributed by atoms with E-state index in [9.17, 15) is 4.79 Å². The lowest BCUT2D eigenvalue weighted by atomic mass is 9.99. The topological polar surface area (TPSA) is 52.6 Å². The molecule has 1 aliphatic rings. The van der Waals surface area contributed by atoms with Crippen molar-refractivity contribution in [1.82, 2.24) is 10.2 Å². The minimum atomic E-state index is -0.712. The molecule has 0 aromatic heterocycles. The molecule has 0 spiro atoms. The minimum Gasteiger partial charge on any atom is -0.481 e. The van der Waals surface area contributed by atoms with E-state index in [1.165, 1.54) is 0 Å². The van der Waals surface area contributed by atoms with Gasteiger partial charge in [-0.3, -0.25) is 9.69 Å². The van der Waals surface area contributed by atoms with Crippen molar-refractivity contribution in [2.24, 2.45) is 5.92 Å². The Hall–Kier alpha value is -0.610. The smallest absolute Gasteiger partial charge is 0.304 e. The Kier molecular flexibility index (Phi) is 4.33. The third-order valence-corrected chi connectivity index (χ3v) is 3.09. The zero-order valence-corrected chi connectivity index (χ0v) is 10.8. The summed E-state index contributed by atoms with van der Waals surface area (Å²) in [4.78, 5) is 13.2. The molecule has 0 radical (unpaired) electrons. The largest absolute Gasteiger partial charge is 0.481 e. The molecule has 94 valence electrons. The maximum absolute atomic E-state index is 10.9. The lowest BCUT2D eigenvalue weighted by Crippen LogP contribution is -2.51. The highest BCUT2D eigenvalue weighted by Crippen LogP contribution is 2.22. The fourth-order valence-corrected chi connectivity index (χ4v) is 2.36. The highest BCUT2D eigenvalue weighted by Gasteiger charge is 2.32. The predicted octanol–water partition coefficient (Wildman–Crippen LogP) is 1.17. The Labute approximate surface area is 98.0 Å². The third-order valence-electron chi connectivity index (χ3n) is 3.09. The lowest BCUT2D eigenvalue weighted by molar-refractivity contribution is -0.138. The van der Waals surface area contributed by atoms with Crippen LogP contribution in [0.1, 0.15) is 34.1 Å². The monoisotopic (exact) mass is 228 g/mol. The summed E-state index contributed by atoms with van der Waals surface area (Å²) >= 11 is 0. The molecule has 2 atom stereocenters. The van der Waals surface area contributed by atoms with E-state index in [-0.39, 0.29) is 18.0 Å². The van der Waals surface area contributed by atoms with Gasteiger partial charge in [0.1, 0.15) is 0 Å². The van der Waals surface area contributed by atoms with Crippen molar-refractivity contribution in [2.75, 3.05) is 19.6 Å². The second kappa shape index (κ2) is 5.15. The first kappa shape index (κ1) is 13.5. The van der Waals surface area contributed by atoms with Crippen LogP contribution in [0.4, 0.5) is 0 Å². The summed E-state index contributed by atoms with van der Waals surface area (Å²) in [5, 5.41) is 12.3. The van der Waals surface area contributed by atoms with E-state index in [0.29, 0.717) is 5.92 Å². The maximum Gasteiger partial charge on any atom is 0.304 e. The van der Waals surface area contributed by atoms with Gasteiger partial charge in [0.15, 0.2) is 0 Å². The Morgan fingerprint density at radius 3 is 2.56 bits per heavy atom. The summed E-state index contributed by atoms with van der Waals surface area (Å²) < 4.78 is 0. The Morgan fingerprint density at radius 1 is 1.44 bits per heavy atom. The summed E-state index contributed by atoms with van der Waals surface area (Å²) in [7, 11) is 0. The van der Waals surface area contributed by atoms with Crippen LogP contribution < -0.4 is 5.32 Å². The van der Waals surface area contributed by atoms with E-state index in [2.05, 4.69) is 37.9 Å². The molecule has 0 aromatic carbocycles. The first-order valence-electron chi connectivity index (χ1n) is 6.00. The molecule has 16 heavy (non-hydrogen) atoms. The fourth-order valence-electron chi connectivity index (χ4n) is 2.36. The predicted molar refractivity (Wildman–Crippen MR) is 64.5 cm³/mol. The molecular formula is C12H24N2O2. The number of hydrogen-bond donors (Lipinski definition) is 2. The standard InChI is InChI=1S/C12H24N2O2/c1-9-6-13-7-10(5-11(15)16)14(8-9)12(2,3)4/h9-10,13H,5-8H2,1-4H3,(H,15,16). The van der Waals surface area contributed by atoms with Crippen LogP contribution >= 0.6 is 0 Å². The van der Waals surface area contributed by atoms with Gasteiger partial charge in [-0.05, 0) is 33.2 Å². The Balaban J connectivity index is 2.79. The average molecular weight is 228 g/mol. The van der Waals surface area contributed by atoms with E-state index in [1.54, 1.807) is 0 Å². The van der Waals surface area contributed by atoms with Gasteiger partial charge in [-0.2, -0.15) is 0 Å². The molecule has 2 unspecified atom stereocenters. The van der Waals surface area contributed by atoms with Gasteiger partial charge in [-0.1, -0.05) is 6.92 Å². The molecule has 1 heterocycles. The molecule has 4 nitrogen and oxygen atoms in total. The van der Waals surface area contributed by atoms with Crippen LogP contribution in [0.5, 0.6) is 0 Å². The maximum atomic E-state index is 10.9. The molecule has 0 saturated carbocycles. The van der Waals surface area contributed by atoms with E-state index in [0.717, 1.165) is 19.6 Å². The molecule has 4 heteroatoms. The van der Waals surface area contributed by atoms with Crippen LogP contribution in [0.3, 0.4) is 0 Å². The summed E-state index contributed by atoms with van der Waals surface area (Å²) in [5.74, 6) is -0.145. The van der Waals surface area contributed by atoms with Crippen molar-refractivity contribution in [3.8, 4) is 0 Å². The molecule has 0 amide bonds. The van der Waals surface area contributed by atoms with E-state index < -0.39 is 5.97 Å². The second-order valence-corrected chi connectivity index (χ2v) is 5.84. The normalized spacial score (nSPS) is 28.8. The van der Waals surface area contributed by atoms with Crippen LogP contribution in [0.15, 0.2) is 0 Å². The van der Waals surface area contributed by atoms with Gasteiger partial charge in [0.05, 0.1) is 6.42 Å². The molecule has 0 aliphatic carbocycles. The number of carboxylic acids is 1. The van der Waals surface area contributed by atoms with Gasteiger partial charge in [0, 0.05) is 24.7 Å². The van der Waals surface area contributed by atoms with E-state index in [4.69, 9.17) is 5.11 Å². The van der Waals surface area contributed by atoms with Crippen molar-refractivity contribution in [2.45, 2.75) is 45.7 Å². The summed E-state index contributed by atoms with van der Waals surface area (Å²) in [6.07, 6.45) is 0.219. The number of carboxylic acid groups (broad SMARTS) is 1. The highest BCUT2D eigenvalue weighted by atomic mass is 16.4.